The Morgan fingerprint density at radius 3 is 2.77 bits per heavy atom. The summed E-state index contributed by atoms with van der Waals surface area (Å²) < 4.78 is 17.0. The molecule has 0 saturated heterocycles. The highest BCUT2D eigenvalue weighted by Gasteiger charge is 2.26. The lowest BCUT2D eigenvalue weighted by atomic mass is 10.0. The van der Waals surface area contributed by atoms with Gasteiger partial charge in [0.2, 0.25) is 5.82 Å². The Balaban J connectivity index is 1.63. The first kappa shape index (κ1) is 20.4. The van der Waals surface area contributed by atoms with Crippen LogP contribution in [-0.2, 0) is 6.42 Å². The minimum absolute atomic E-state index is 0.328. The van der Waals surface area contributed by atoms with Gasteiger partial charge in [0.25, 0.3) is 5.89 Å². The van der Waals surface area contributed by atoms with Crippen LogP contribution in [-0.4, -0.2) is 36.4 Å². The summed E-state index contributed by atoms with van der Waals surface area (Å²) in [6.07, 6.45) is 2.03. The summed E-state index contributed by atoms with van der Waals surface area (Å²) in [6, 6.07) is 12.3. The van der Waals surface area contributed by atoms with Gasteiger partial charge in [-0.25, -0.2) is 0 Å². The van der Waals surface area contributed by atoms with Crippen LogP contribution in [0.15, 0.2) is 40.9 Å². The number of nitrogens with two attached hydrogens (primary N) is 1. The highest BCUT2D eigenvalue weighted by molar-refractivity contribution is 5.67. The number of hydrogen-bond acceptors (Lipinski definition) is 7. The van der Waals surface area contributed by atoms with E-state index < -0.39 is 0 Å². The molecule has 7 heteroatoms. The molecule has 30 heavy (non-hydrogen) atoms. The molecule has 0 radical (unpaired) electrons. The summed E-state index contributed by atoms with van der Waals surface area (Å²) >= 11 is 0. The van der Waals surface area contributed by atoms with Crippen LogP contribution in [0.5, 0.6) is 11.5 Å². The summed E-state index contributed by atoms with van der Waals surface area (Å²) in [5, 5.41) is 7.78. The molecule has 0 fully saturated rings. The predicted molar refractivity (Wildman–Crippen MR) is 116 cm³/mol. The molecule has 0 aliphatic heterocycles. The number of aromatic nitrogens is 2. The van der Waals surface area contributed by atoms with Gasteiger partial charge < -0.3 is 25.0 Å². The lowest BCUT2D eigenvalue weighted by Crippen LogP contribution is -2.25. The van der Waals surface area contributed by atoms with E-state index in [1.807, 2.05) is 32.0 Å². The first-order valence-corrected chi connectivity index (χ1v) is 10.5. The molecule has 2 aromatic carbocycles. The van der Waals surface area contributed by atoms with E-state index in [1.165, 1.54) is 11.1 Å². The zero-order valence-corrected chi connectivity index (χ0v) is 17.5. The van der Waals surface area contributed by atoms with Crippen LogP contribution in [0.2, 0.25) is 0 Å². The number of ether oxygens (including phenoxy) is 2. The second kappa shape index (κ2) is 9.28. The van der Waals surface area contributed by atoms with Gasteiger partial charge >= 0.3 is 0 Å². The summed E-state index contributed by atoms with van der Waals surface area (Å²) in [5.74, 6) is 2.45. The minimum atomic E-state index is 0.328. The fourth-order valence-corrected chi connectivity index (χ4v) is 3.97. The first-order valence-electron chi connectivity index (χ1n) is 10.5. The number of hydrogen-bond donors (Lipinski definition) is 2. The molecule has 1 aromatic heterocycles. The van der Waals surface area contributed by atoms with Crippen LogP contribution < -0.4 is 20.5 Å². The normalized spacial score (nSPS) is 15.2. The van der Waals surface area contributed by atoms with Gasteiger partial charge in [0, 0.05) is 30.3 Å². The molecular formula is C23H28N4O3. The zero-order valence-electron chi connectivity index (χ0n) is 17.5. The molecule has 1 unspecified atom stereocenters. The van der Waals surface area contributed by atoms with Crippen LogP contribution >= 0.6 is 0 Å². The van der Waals surface area contributed by atoms with Gasteiger partial charge in [0.1, 0.15) is 0 Å². The van der Waals surface area contributed by atoms with Gasteiger partial charge in [-0.05, 0) is 56.0 Å². The van der Waals surface area contributed by atoms with Crippen molar-refractivity contribution in [1.82, 2.24) is 15.5 Å². The van der Waals surface area contributed by atoms with E-state index in [9.17, 15) is 0 Å². The molecular weight excluding hydrogens is 380 g/mol. The summed E-state index contributed by atoms with van der Waals surface area (Å²) in [6.45, 7) is 6.45. The van der Waals surface area contributed by atoms with Gasteiger partial charge in [-0.1, -0.05) is 23.4 Å². The van der Waals surface area contributed by atoms with Crippen LogP contribution in [0.25, 0.3) is 22.8 Å². The monoisotopic (exact) mass is 408 g/mol. The summed E-state index contributed by atoms with van der Waals surface area (Å²) in [4.78, 5) is 4.68. The predicted octanol–water partition coefficient (Wildman–Crippen LogP) is 3.74. The van der Waals surface area contributed by atoms with Crippen molar-refractivity contribution in [3.05, 3.63) is 47.5 Å². The van der Waals surface area contributed by atoms with Gasteiger partial charge in [-0.15, -0.1) is 0 Å². The molecule has 158 valence electrons. The van der Waals surface area contributed by atoms with E-state index in [0.29, 0.717) is 49.0 Å². The Hall–Kier alpha value is -2.90. The van der Waals surface area contributed by atoms with Crippen LogP contribution in [0, 0.1) is 0 Å². The molecule has 0 spiro atoms. The topological polar surface area (TPSA) is 95.4 Å². The van der Waals surface area contributed by atoms with E-state index in [1.54, 1.807) is 0 Å². The molecule has 7 nitrogen and oxygen atoms in total. The Kier molecular flexibility index (Phi) is 6.30. The lowest BCUT2D eigenvalue weighted by Gasteiger charge is -2.13. The Morgan fingerprint density at radius 2 is 1.97 bits per heavy atom. The molecule has 0 amide bonds. The minimum Gasteiger partial charge on any atom is -0.490 e. The highest BCUT2D eigenvalue weighted by Crippen LogP contribution is 2.38. The quantitative estimate of drug-likeness (QED) is 0.557. The third kappa shape index (κ3) is 4.04. The zero-order chi connectivity index (χ0) is 20.9. The average Bonchev–Trinajstić information content (AvgIpc) is 3.41. The van der Waals surface area contributed by atoms with Crippen molar-refractivity contribution in [2.45, 2.75) is 32.7 Å². The lowest BCUT2D eigenvalue weighted by molar-refractivity contribution is 0.288. The maximum atomic E-state index is 5.72. The summed E-state index contributed by atoms with van der Waals surface area (Å²) in [7, 11) is 0. The largest absolute Gasteiger partial charge is 0.490 e. The number of fused-ring (bicyclic) bond motifs is 1. The maximum absolute atomic E-state index is 5.72. The smallest absolute Gasteiger partial charge is 0.258 e. The van der Waals surface area contributed by atoms with Crippen molar-refractivity contribution in [1.29, 1.82) is 0 Å². The first-order chi connectivity index (χ1) is 14.7. The van der Waals surface area contributed by atoms with Gasteiger partial charge in [-0.3, -0.25) is 0 Å². The van der Waals surface area contributed by atoms with E-state index in [4.69, 9.17) is 19.7 Å². The molecule has 1 aliphatic rings. The van der Waals surface area contributed by atoms with Crippen LogP contribution in [0.3, 0.4) is 0 Å². The van der Waals surface area contributed by atoms with Gasteiger partial charge in [0.05, 0.1) is 13.2 Å². The van der Waals surface area contributed by atoms with E-state index in [2.05, 4.69) is 33.7 Å². The fraction of sp³-hybridized carbons (Fsp3) is 0.391. The third-order valence-electron chi connectivity index (χ3n) is 5.26. The van der Waals surface area contributed by atoms with Crippen LogP contribution in [0.4, 0.5) is 0 Å². The Bertz CT molecular complexity index is 1000. The molecule has 0 bridgehead atoms. The molecule has 3 aromatic rings. The van der Waals surface area contributed by atoms with Gasteiger partial charge in [-0.2, -0.15) is 4.98 Å². The average molecular weight is 409 g/mol. The highest BCUT2D eigenvalue weighted by atomic mass is 16.5. The van der Waals surface area contributed by atoms with Crippen molar-refractivity contribution in [2.75, 3.05) is 26.3 Å². The third-order valence-corrected chi connectivity index (χ3v) is 5.26. The van der Waals surface area contributed by atoms with Crippen molar-refractivity contribution in [3.8, 4) is 34.3 Å². The SMILES string of the molecule is CCOc1ccc(-c2nc(-c3cccc4c3CCC4NCCN)no2)cc1OCC. The second-order valence-corrected chi connectivity index (χ2v) is 7.16. The van der Waals surface area contributed by atoms with E-state index in [-0.39, 0.29) is 0 Å². The standard InChI is InChI=1S/C23H28N4O3/c1-3-28-20-11-8-15(14-21(20)29-4-2)23-26-22(27-30-23)18-7-5-6-17-16(18)9-10-19(17)25-13-12-24/h5-8,11,14,19,25H,3-4,9-10,12-13,24H2,1-2H3. The molecule has 3 N–H and O–H groups in total. The van der Waals surface area contributed by atoms with Crippen molar-refractivity contribution >= 4 is 0 Å². The number of nitrogens with one attached hydrogen (secondary N) is 1. The van der Waals surface area contributed by atoms with Crippen molar-refractivity contribution < 1.29 is 14.0 Å². The van der Waals surface area contributed by atoms with Crippen molar-refractivity contribution in [3.63, 3.8) is 0 Å². The number of nitrogens with zero attached hydrogens (tertiary/aromatic N) is 2. The molecule has 1 heterocycles. The second-order valence-electron chi connectivity index (χ2n) is 7.16. The fourth-order valence-electron chi connectivity index (χ4n) is 3.97. The molecule has 4 rings (SSSR count). The Labute approximate surface area is 176 Å². The van der Waals surface area contributed by atoms with E-state index in [0.717, 1.165) is 30.5 Å². The van der Waals surface area contributed by atoms with E-state index >= 15 is 0 Å². The van der Waals surface area contributed by atoms with Crippen LogP contribution in [0.1, 0.15) is 37.4 Å². The summed E-state index contributed by atoms with van der Waals surface area (Å²) in [5.41, 5.74) is 10.1. The number of rotatable bonds is 9. The Morgan fingerprint density at radius 1 is 1.13 bits per heavy atom. The number of benzene rings is 2. The molecule has 1 atom stereocenters. The molecule has 0 saturated carbocycles. The van der Waals surface area contributed by atoms with Gasteiger partial charge in [0.15, 0.2) is 11.5 Å². The molecule has 1 aliphatic carbocycles. The van der Waals surface area contributed by atoms with Crippen molar-refractivity contribution in [2.24, 2.45) is 5.73 Å². The maximum Gasteiger partial charge on any atom is 0.258 e.